The number of aliphatic hydroxyl groups is 1. The van der Waals surface area contributed by atoms with Crippen LogP contribution in [-0.4, -0.2) is 22.3 Å². The van der Waals surface area contributed by atoms with Crippen LogP contribution in [0.1, 0.15) is 42.2 Å². The maximum Gasteiger partial charge on any atom is 0.335 e. The molecule has 0 radical (unpaired) electrons. The van der Waals surface area contributed by atoms with E-state index < -0.39 is 18.1 Å². The molecule has 3 atom stereocenters. The van der Waals surface area contributed by atoms with E-state index in [1.165, 1.54) is 12.1 Å². The summed E-state index contributed by atoms with van der Waals surface area (Å²) in [6.45, 7) is 3.93. The lowest BCUT2D eigenvalue weighted by Crippen LogP contribution is -2.31. The van der Waals surface area contributed by atoms with Crippen LogP contribution in [0, 0.1) is 5.92 Å². The summed E-state index contributed by atoms with van der Waals surface area (Å²) in [7, 11) is 0. The Kier molecular flexibility index (Phi) is 4.66. The largest absolute Gasteiger partial charge is 0.478 e. The van der Waals surface area contributed by atoms with Gasteiger partial charge in [-0.25, -0.2) is 4.79 Å². The fourth-order valence-corrected chi connectivity index (χ4v) is 1.64. The number of hydrogen-bond acceptors (Lipinski definition) is 3. The Hall–Kier alpha value is -1.39. The first kappa shape index (κ1) is 13.7. The minimum absolute atomic E-state index is 0.115. The summed E-state index contributed by atoms with van der Waals surface area (Å²) in [5.74, 6) is -0.850. The monoisotopic (exact) mass is 237 g/mol. The molecule has 0 spiro atoms. The molecule has 1 aromatic rings. The third-order valence-electron chi connectivity index (χ3n) is 3.14. The second-order valence-corrected chi connectivity index (χ2v) is 4.33. The molecule has 0 saturated carbocycles. The first-order chi connectivity index (χ1) is 7.97. The van der Waals surface area contributed by atoms with Gasteiger partial charge in [-0.2, -0.15) is 0 Å². The van der Waals surface area contributed by atoms with Crippen molar-refractivity contribution in [1.29, 1.82) is 0 Å². The Morgan fingerprint density at radius 3 is 2.29 bits per heavy atom. The summed E-state index contributed by atoms with van der Waals surface area (Å²) in [5, 5.41) is 18.7. The molecule has 0 aliphatic rings. The lowest BCUT2D eigenvalue weighted by Gasteiger charge is -2.24. The van der Waals surface area contributed by atoms with E-state index >= 15 is 0 Å². The van der Waals surface area contributed by atoms with Crippen LogP contribution in [0.2, 0.25) is 0 Å². The molecule has 1 unspecified atom stereocenters. The quantitative estimate of drug-likeness (QED) is 0.729. The predicted molar refractivity (Wildman–Crippen MR) is 65.8 cm³/mol. The Morgan fingerprint density at radius 1 is 1.35 bits per heavy atom. The molecule has 17 heavy (non-hydrogen) atoms. The molecule has 0 bridgehead atoms. The van der Waals surface area contributed by atoms with Gasteiger partial charge in [0.1, 0.15) is 0 Å². The zero-order valence-electron chi connectivity index (χ0n) is 10.1. The van der Waals surface area contributed by atoms with Crippen LogP contribution in [0.4, 0.5) is 0 Å². The highest BCUT2D eigenvalue weighted by Gasteiger charge is 2.21. The third kappa shape index (κ3) is 3.28. The van der Waals surface area contributed by atoms with Crippen molar-refractivity contribution in [3.8, 4) is 0 Å². The normalized spacial score (nSPS) is 16.2. The molecule has 1 rings (SSSR count). The number of benzene rings is 1. The topological polar surface area (TPSA) is 83.5 Å². The number of rotatable bonds is 5. The van der Waals surface area contributed by atoms with E-state index in [0.29, 0.717) is 0 Å². The molecule has 1 aromatic carbocycles. The SMILES string of the molecule is CCC(C)[C@H](O)[C@H](N)c1ccc(C(=O)O)cc1. The van der Waals surface area contributed by atoms with Crippen molar-refractivity contribution in [2.75, 3.05) is 0 Å². The van der Waals surface area contributed by atoms with Crippen molar-refractivity contribution in [1.82, 2.24) is 0 Å². The molecular weight excluding hydrogens is 218 g/mol. The second-order valence-electron chi connectivity index (χ2n) is 4.33. The van der Waals surface area contributed by atoms with Crippen molar-refractivity contribution in [2.45, 2.75) is 32.4 Å². The number of nitrogens with two attached hydrogens (primary N) is 1. The van der Waals surface area contributed by atoms with Gasteiger partial charge >= 0.3 is 5.97 Å². The van der Waals surface area contributed by atoms with Gasteiger partial charge in [0, 0.05) is 0 Å². The molecule has 0 heterocycles. The predicted octanol–water partition coefficient (Wildman–Crippen LogP) is 1.79. The lowest BCUT2D eigenvalue weighted by atomic mass is 9.91. The van der Waals surface area contributed by atoms with Crippen LogP contribution < -0.4 is 5.73 Å². The van der Waals surface area contributed by atoms with Crippen molar-refractivity contribution < 1.29 is 15.0 Å². The summed E-state index contributed by atoms with van der Waals surface area (Å²) in [6, 6.07) is 5.83. The van der Waals surface area contributed by atoms with Gasteiger partial charge in [0.15, 0.2) is 0 Å². The van der Waals surface area contributed by atoms with Gasteiger partial charge in [-0.05, 0) is 23.6 Å². The molecule has 4 heteroatoms. The van der Waals surface area contributed by atoms with Crippen LogP contribution in [0.25, 0.3) is 0 Å². The number of carboxylic acid groups (broad SMARTS) is 1. The number of carboxylic acids is 1. The standard InChI is InChI=1S/C13H19NO3/c1-3-8(2)12(15)11(14)9-4-6-10(7-5-9)13(16)17/h4-8,11-12,15H,3,14H2,1-2H3,(H,16,17)/t8?,11-,12+/m1/s1. The van der Waals surface area contributed by atoms with Gasteiger partial charge < -0.3 is 15.9 Å². The zero-order valence-corrected chi connectivity index (χ0v) is 10.1. The molecule has 0 fully saturated rings. The first-order valence-electron chi connectivity index (χ1n) is 5.74. The number of aromatic carboxylic acids is 1. The van der Waals surface area contributed by atoms with Crippen LogP contribution in [0.15, 0.2) is 24.3 Å². The van der Waals surface area contributed by atoms with E-state index in [1.807, 2.05) is 13.8 Å². The molecule has 4 N–H and O–H groups in total. The van der Waals surface area contributed by atoms with E-state index in [-0.39, 0.29) is 11.5 Å². The highest BCUT2D eigenvalue weighted by Crippen LogP contribution is 2.21. The zero-order chi connectivity index (χ0) is 13.0. The van der Waals surface area contributed by atoms with Gasteiger partial charge in [0.05, 0.1) is 17.7 Å². The van der Waals surface area contributed by atoms with E-state index in [4.69, 9.17) is 10.8 Å². The number of aliphatic hydroxyl groups excluding tert-OH is 1. The fraction of sp³-hybridized carbons (Fsp3) is 0.462. The Morgan fingerprint density at radius 2 is 1.88 bits per heavy atom. The van der Waals surface area contributed by atoms with Crippen LogP contribution in [-0.2, 0) is 0 Å². The lowest BCUT2D eigenvalue weighted by molar-refractivity contribution is 0.0697. The summed E-state index contributed by atoms with van der Waals surface area (Å²) in [6.07, 6.45) is 0.234. The summed E-state index contributed by atoms with van der Waals surface area (Å²) < 4.78 is 0. The second kappa shape index (κ2) is 5.80. The molecule has 94 valence electrons. The van der Waals surface area contributed by atoms with E-state index in [2.05, 4.69) is 0 Å². The summed E-state index contributed by atoms with van der Waals surface area (Å²) in [4.78, 5) is 10.7. The van der Waals surface area contributed by atoms with Gasteiger partial charge in [-0.15, -0.1) is 0 Å². The van der Waals surface area contributed by atoms with Crippen molar-refractivity contribution >= 4 is 5.97 Å². The number of carbonyl (C=O) groups is 1. The van der Waals surface area contributed by atoms with E-state index in [9.17, 15) is 9.90 Å². The maximum atomic E-state index is 10.7. The molecular formula is C13H19NO3. The van der Waals surface area contributed by atoms with E-state index in [1.54, 1.807) is 12.1 Å². The molecule has 0 amide bonds. The summed E-state index contributed by atoms with van der Waals surface area (Å²) in [5.41, 5.74) is 6.92. The van der Waals surface area contributed by atoms with Crippen LogP contribution in [0.5, 0.6) is 0 Å². The maximum absolute atomic E-state index is 10.7. The smallest absolute Gasteiger partial charge is 0.335 e. The molecule has 0 aromatic heterocycles. The Labute approximate surface area is 101 Å². The highest BCUT2D eigenvalue weighted by molar-refractivity contribution is 5.87. The van der Waals surface area contributed by atoms with Gasteiger partial charge in [-0.3, -0.25) is 0 Å². The minimum atomic E-state index is -0.965. The van der Waals surface area contributed by atoms with Crippen molar-refractivity contribution in [3.63, 3.8) is 0 Å². The van der Waals surface area contributed by atoms with E-state index in [0.717, 1.165) is 12.0 Å². The van der Waals surface area contributed by atoms with Crippen LogP contribution >= 0.6 is 0 Å². The first-order valence-corrected chi connectivity index (χ1v) is 5.74. The molecule has 0 aliphatic heterocycles. The highest BCUT2D eigenvalue weighted by atomic mass is 16.4. The molecule has 0 aliphatic carbocycles. The average Bonchev–Trinajstić information content (AvgIpc) is 2.36. The van der Waals surface area contributed by atoms with Gasteiger partial charge in [-0.1, -0.05) is 32.4 Å². The van der Waals surface area contributed by atoms with Gasteiger partial charge in [0.25, 0.3) is 0 Å². The van der Waals surface area contributed by atoms with Gasteiger partial charge in [0.2, 0.25) is 0 Å². The Bertz CT molecular complexity index is 375. The third-order valence-corrected chi connectivity index (χ3v) is 3.14. The van der Waals surface area contributed by atoms with Crippen molar-refractivity contribution in [2.24, 2.45) is 11.7 Å². The minimum Gasteiger partial charge on any atom is -0.478 e. The summed E-state index contributed by atoms with van der Waals surface area (Å²) >= 11 is 0. The van der Waals surface area contributed by atoms with Crippen molar-refractivity contribution in [3.05, 3.63) is 35.4 Å². The Balaban J connectivity index is 2.82. The average molecular weight is 237 g/mol. The number of hydrogen-bond donors (Lipinski definition) is 3. The fourth-order valence-electron chi connectivity index (χ4n) is 1.64. The van der Waals surface area contributed by atoms with Crippen LogP contribution in [0.3, 0.4) is 0 Å². The molecule has 4 nitrogen and oxygen atoms in total. The molecule has 0 saturated heterocycles.